The molecule has 0 radical (unpaired) electrons. The number of hydrogen-bond acceptors (Lipinski definition) is 4. The number of hydrogen-bond donors (Lipinski definition) is 0. The predicted molar refractivity (Wildman–Crippen MR) is 66.3 cm³/mol. The van der Waals surface area contributed by atoms with Gasteiger partial charge in [-0.2, -0.15) is 0 Å². The van der Waals surface area contributed by atoms with Gasteiger partial charge in [0, 0.05) is 6.20 Å². The van der Waals surface area contributed by atoms with Gasteiger partial charge in [0.2, 0.25) is 0 Å². The van der Waals surface area contributed by atoms with Crippen LogP contribution in [0.4, 0.5) is 0 Å². The number of rotatable bonds is 3. The molecule has 0 spiro atoms. The molecule has 0 saturated heterocycles. The third-order valence-electron chi connectivity index (χ3n) is 1.81. The zero-order valence-corrected chi connectivity index (χ0v) is 10.7. The van der Waals surface area contributed by atoms with E-state index in [4.69, 9.17) is 4.74 Å². The molecule has 4 nitrogen and oxygen atoms in total. The molecule has 0 N–H and O–H groups in total. The molecule has 1 atom stereocenters. The van der Waals surface area contributed by atoms with Crippen LogP contribution in [0.5, 0.6) is 5.75 Å². The van der Waals surface area contributed by atoms with Crippen molar-refractivity contribution in [3.8, 4) is 5.75 Å². The quantitative estimate of drug-likeness (QED) is 0.599. The van der Waals surface area contributed by atoms with E-state index in [0.29, 0.717) is 11.4 Å². The van der Waals surface area contributed by atoms with Crippen LogP contribution in [0.1, 0.15) is 26.5 Å². The number of pyridine rings is 1. The molecule has 0 aromatic carbocycles. The highest BCUT2D eigenvalue weighted by molar-refractivity contribution is 7.91. The van der Waals surface area contributed by atoms with E-state index in [1.165, 1.54) is 6.21 Å². The molecule has 5 heteroatoms. The SMILES string of the molecule is COc1cccnc1C=N[S@@+]([O-])C(C)(C)C. The first-order valence-electron chi connectivity index (χ1n) is 4.90. The molecule has 1 rings (SSSR count). The van der Waals surface area contributed by atoms with Gasteiger partial charge in [-0.05, 0) is 32.9 Å². The summed E-state index contributed by atoms with van der Waals surface area (Å²) in [6, 6.07) is 3.56. The first-order valence-corrected chi connectivity index (χ1v) is 6.01. The maximum atomic E-state index is 11.7. The van der Waals surface area contributed by atoms with Crippen molar-refractivity contribution < 1.29 is 9.29 Å². The second kappa shape index (κ2) is 5.32. The Labute approximate surface area is 99.1 Å². The summed E-state index contributed by atoms with van der Waals surface area (Å²) in [5, 5.41) is 0. The Morgan fingerprint density at radius 3 is 2.75 bits per heavy atom. The van der Waals surface area contributed by atoms with Gasteiger partial charge >= 0.3 is 0 Å². The fourth-order valence-corrected chi connectivity index (χ4v) is 1.44. The molecule has 0 aliphatic carbocycles. The second-order valence-electron chi connectivity index (χ2n) is 4.19. The number of ether oxygens (including phenoxy) is 1. The Bertz CT molecular complexity index is 374. The summed E-state index contributed by atoms with van der Waals surface area (Å²) >= 11 is -1.27. The largest absolute Gasteiger partial charge is 0.591 e. The summed E-state index contributed by atoms with van der Waals surface area (Å²) in [6.07, 6.45) is 3.13. The molecule has 0 amide bonds. The standard InChI is InChI=1S/C11H16N2O2S/c1-11(2,3)16(14)13-8-9-10(15-4)6-5-7-12-9/h5-8H,1-4H3/t16-/m0/s1. The number of aromatic nitrogens is 1. The Morgan fingerprint density at radius 1 is 1.50 bits per heavy atom. The van der Waals surface area contributed by atoms with Crippen molar-refractivity contribution in [2.24, 2.45) is 4.40 Å². The lowest BCUT2D eigenvalue weighted by Gasteiger charge is -2.17. The molecule has 0 unspecified atom stereocenters. The van der Waals surface area contributed by atoms with Gasteiger partial charge in [0.05, 0.1) is 7.11 Å². The molecule has 0 aliphatic heterocycles. The Balaban J connectivity index is 2.84. The normalized spacial score (nSPS) is 14.1. The van der Waals surface area contributed by atoms with Gasteiger partial charge in [-0.25, -0.2) is 0 Å². The van der Waals surface area contributed by atoms with Crippen molar-refractivity contribution in [1.29, 1.82) is 0 Å². The molecule has 0 bridgehead atoms. The molecular formula is C11H16N2O2S. The van der Waals surface area contributed by atoms with Crippen LogP contribution in [-0.4, -0.2) is 27.6 Å². The summed E-state index contributed by atoms with van der Waals surface area (Å²) in [5.74, 6) is 0.622. The Morgan fingerprint density at radius 2 is 2.19 bits per heavy atom. The zero-order chi connectivity index (χ0) is 12.2. The first kappa shape index (κ1) is 13.0. The first-order chi connectivity index (χ1) is 7.45. The molecule has 88 valence electrons. The van der Waals surface area contributed by atoms with Crippen molar-refractivity contribution in [2.75, 3.05) is 7.11 Å². The molecule has 1 heterocycles. The van der Waals surface area contributed by atoms with Gasteiger partial charge in [0.1, 0.15) is 33.8 Å². The van der Waals surface area contributed by atoms with Gasteiger partial charge in [-0.15, -0.1) is 0 Å². The lowest BCUT2D eigenvalue weighted by atomic mass is 10.3. The van der Waals surface area contributed by atoms with Gasteiger partial charge in [-0.1, -0.05) is 4.40 Å². The van der Waals surface area contributed by atoms with Crippen LogP contribution in [0.2, 0.25) is 0 Å². The third kappa shape index (κ3) is 3.50. The summed E-state index contributed by atoms with van der Waals surface area (Å²) < 4.78 is 20.4. The van der Waals surface area contributed by atoms with Crippen molar-refractivity contribution in [2.45, 2.75) is 25.5 Å². The molecule has 1 aromatic heterocycles. The van der Waals surface area contributed by atoms with Crippen molar-refractivity contribution in [1.82, 2.24) is 4.98 Å². The molecular weight excluding hydrogens is 224 g/mol. The highest BCUT2D eigenvalue weighted by atomic mass is 32.2. The summed E-state index contributed by atoms with van der Waals surface area (Å²) in [7, 11) is 1.56. The molecule has 0 saturated carbocycles. The average Bonchev–Trinajstić information content (AvgIpc) is 2.24. The van der Waals surface area contributed by atoms with E-state index in [-0.39, 0.29) is 4.75 Å². The molecule has 16 heavy (non-hydrogen) atoms. The number of methoxy groups -OCH3 is 1. The van der Waals surface area contributed by atoms with Crippen LogP contribution in [0, 0.1) is 0 Å². The predicted octanol–water partition coefficient (Wildman–Crippen LogP) is 1.97. The van der Waals surface area contributed by atoms with Crippen LogP contribution in [0.25, 0.3) is 0 Å². The van der Waals surface area contributed by atoms with Crippen LogP contribution < -0.4 is 4.74 Å². The smallest absolute Gasteiger partial charge is 0.146 e. The van der Waals surface area contributed by atoms with E-state index < -0.39 is 11.4 Å². The average molecular weight is 240 g/mol. The van der Waals surface area contributed by atoms with Crippen molar-refractivity contribution >= 4 is 17.6 Å². The lowest BCUT2D eigenvalue weighted by Crippen LogP contribution is -2.25. The van der Waals surface area contributed by atoms with E-state index in [1.54, 1.807) is 25.4 Å². The van der Waals surface area contributed by atoms with Crippen LogP contribution >= 0.6 is 0 Å². The van der Waals surface area contributed by atoms with Crippen LogP contribution in [-0.2, 0) is 11.4 Å². The van der Waals surface area contributed by atoms with Gasteiger partial charge in [0.15, 0.2) is 0 Å². The highest BCUT2D eigenvalue weighted by Crippen LogP contribution is 2.18. The Kier molecular flexibility index (Phi) is 4.32. The van der Waals surface area contributed by atoms with Gasteiger partial charge < -0.3 is 9.29 Å². The van der Waals surface area contributed by atoms with E-state index in [0.717, 1.165) is 0 Å². The fraction of sp³-hybridized carbons (Fsp3) is 0.455. The minimum Gasteiger partial charge on any atom is -0.591 e. The number of nitrogens with zero attached hydrogens (tertiary/aromatic N) is 2. The van der Waals surface area contributed by atoms with Gasteiger partial charge in [0.25, 0.3) is 0 Å². The highest BCUT2D eigenvalue weighted by Gasteiger charge is 2.25. The van der Waals surface area contributed by atoms with E-state index in [2.05, 4.69) is 9.38 Å². The van der Waals surface area contributed by atoms with Crippen molar-refractivity contribution in [3.63, 3.8) is 0 Å². The Hall–Kier alpha value is -1.07. The zero-order valence-electron chi connectivity index (χ0n) is 9.93. The topological polar surface area (TPSA) is 57.5 Å². The fourth-order valence-electron chi connectivity index (χ4n) is 0.928. The molecule has 0 aliphatic rings. The monoisotopic (exact) mass is 240 g/mol. The van der Waals surface area contributed by atoms with Crippen LogP contribution in [0.3, 0.4) is 0 Å². The van der Waals surface area contributed by atoms with E-state index >= 15 is 0 Å². The third-order valence-corrected chi connectivity index (χ3v) is 3.16. The molecule has 1 aromatic rings. The second-order valence-corrected chi connectivity index (χ2v) is 6.12. The maximum absolute atomic E-state index is 11.7. The van der Waals surface area contributed by atoms with Crippen LogP contribution in [0.15, 0.2) is 22.7 Å². The lowest BCUT2D eigenvalue weighted by molar-refractivity contribution is 0.412. The van der Waals surface area contributed by atoms with E-state index in [1.807, 2.05) is 20.8 Å². The minimum absolute atomic E-state index is 0.363. The van der Waals surface area contributed by atoms with Gasteiger partial charge in [-0.3, -0.25) is 4.98 Å². The minimum atomic E-state index is -1.27. The summed E-state index contributed by atoms with van der Waals surface area (Å²) in [6.45, 7) is 5.61. The summed E-state index contributed by atoms with van der Waals surface area (Å²) in [4.78, 5) is 4.09. The van der Waals surface area contributed by atoms with E-state index in [9.17, 15) is 4.55 Å². The maximum Gasteiger partial charge on any atom is 0.146 e. The summed E-state index contributed by atoms with van der Waals surface area (Å²) in [5.41, 5.74) is 0.586. The van der Waals surface area contributed by atoms with Crippen molar-refractivity contribution in [3.05, 3.63) is 24.0 Å². The molecule has 0 fully saturated rings.